The molecule has 2 amide bonds. The Hall–Kier alpha value is -4.46. The Morgan fingerprint density at radius 2 is 2.00 bits per heavy atom. The van der Waals surface area contributed by atoms with E-state index < -0.39 is 53.2 Å². The molecule has 4 atom stereocenters. The number of carbonyl (C=O) groups excluding carboxylic acids is 2. The number of aromatic nitrogens is 1. The zero-order chi connectivity index (χ0) is 32.4. The third kappa shape index (κ3) is 6.65. The average molecular weight is 674 g/mol. The zero-order valence-electron chi connectivity index (χ0n) is 23.4. The molecule has 1 saturated heterocycles. The van der Waals surface area contributed by atoms with Crippen molar-refractivity contribution < 1.29 is 34.2 Å². The second-order valence-corrected chi connectivity index (χ2v) is 12.8. The van der Waals surface area contributed by atoms with Gasteiger partial charge in [0.15, 0.2) is 16.0 Å². The van der Waals surface area contributed by atoms with E-state index in [2.05, 4.69) is 20.4 Å². The highest BCUT2D eigenvalue weighted by Gasteiger charge is 2.54. The summed E-state index contributed by atoms with van der Waals surface area (Å²) < 4.78 is 0. The topological polar surface area (TPSA) is 250 Å². The summed E-state index contributed by atoms with van der Waals surface area (Å²) in [6.07, 6.45) is -1.67. The summed E-state index contributed by atoms with van der Waals surface area (Å²) in [7, 11) is 0. The van der Waals surface area contributed by atoms with Gasteiger partial charge in [-0.05, 0) is 24.6 Å². The van der Waals surface area contributed by atoms with E-state index in [1.165, 1.54) is 35.8 Å². The molecule has 0 saturated carbocycles. The van der Waals surface area contributed by atoms with E-state index in [1.807, 2.05) is 30.3 Å². The lowest BCUT2D eigenvalue weighted by Crippen LogP contribution is -2.71. The molecule has 1 aromatic heterocycles. The van der Waals surface area contributed by atoms with Crippen molar-refractivity contribution in [3.8, 4) is 0 Å². The summed E-state index contributed by atoms with van der Waals surface area (Å²) in [5.74, 6) is -3.65. The highest BCUT2D eigenvalue weighted by atomic mass is 32.2. The number of para-hydroxylation sites is 1. The van der Waals surface area contributed by atoms with Crippen molar-refractivity contribution in [3.05, 3.63) is 52.7 Å². The zero-order valence-corrected chi connectivity index (χ0v) is 25.9. The molecule has 3 aliphatic rings. The summed E-state index contributed by atoms with van der Waals surface area (Å²) in [5.41, 5.74) is 12.7. The molecule has 236 valence electrons. The predicted molar refractivity (Wildman–Crippen MR) is 170 cm³/mol. The van der Waals surface area contributed by atoms with Crippen LogP contribution in [0.3, 0.4) is 0 Å². The highest BCUT2D eigenvalue weighted by molar-refractivity contribution is 8.14. The van der Waals surface area contributed by atoms with E-state index >= 15 is 0 Å². The number of amides is 2. The molecular formula is C26H27N9O7S3. The number of amidine groups is 2. The van der Waals surface area contributed by atoms with Crippen molar-refractivity contribution >= 4 is 86.1 Å². The Morgan fingerprint density at radius 1 is 1.27 bits per heavy atom. The van der Waals surface area contributed by atoms with Crippen LogP contribution in [0, 0.1) is 5.41 Å². The van der Waals surface area contributed by atoms with E-state index in [0.29, 0.717) is 10.7 Å². The van der Waals surface area contributed by atoms with Gasteiger partial charge in [0.1, 0.15) is 28.6 Å². The number of benzene rings is 1. The first kappa shape index (κ1) is 31.9. The number of carbonyl (C=O) groups is 4. The van der Waals surface area contributed by atoms with Gasteiger partial charge in [0.25, 0.3) is 11.8 Å². The molecule has 3 aliphatic heterocycles. The van der Waals surface area contributed by atoms with Crippen LogP contribution in [0.1, 0.15) is 19.0 Å². The summed E-state index contributed by atoms with van der Waals surface area (Å²) in [4.78, 5) is 66.3. The second-order valence-electron chi connectivity index (χ2n) is 9.82. The van der Waals surface area contributed by atoms with Crippen molar-refractivity contribution in [2.24, 2.45) is 15.9 Å². The molecule has 0 aliphatic carbocycles. The number of rotatable bonds is 10. The predicted octanol–water partition coefficient (Wildman–Crippen LogP) is 0.919. The third-order valence-corrected chi connectivity index (χ3v) is 9.80. The van der Waals surface area contributed by atoms with Crippen LogP contribution in [-0.2, 0) is 24.0 Å². The normalized spacial score (nSPS) is 22.3. The number of oxime groups is 1. The number of hydrogen-bond donors (Lipinski definition) is 6. The molecule has 0 spiro atoms. The van der Waals surface area contributed by atoms with Crippen LogP contribution < -0.4 is 21.7 Å². The summed E-state index contributed by atoms with van der Waals surface area (Å²) >= 11 is 3.50. The van der Waals surface area contributed by atoms with Crippen LogP contribution >= 0.6 is 34.9 Å². The number of nitrogens with zero attached hydrogens (tertiary/aromatic N) is 5. The van der Waals surface area contributed by atoms with Gasteiger partial charge in [0.05, 0.1) is 6.17 Å². The monoisotopic (exact) mass is 673 g/mol. The quantitative estimate of drug-likeness (QED) is 0.117. The lowest BCUT2D eigenvalue weighted by Gasteiger charge is -2.49. The number of hydrogen-bond acceptors (Lipinski definition) is 14. The minimum Gasteiger partial charge on any atom is -0.478 e. The number of aliphatic carboxylic acids is 2. The maximum atomic E-state index is 13.3. The van der Waals surface area contributed by atoms with E-state index in [-0.39, 0.29) is 40.3 Å². The fourth-order valence-corrected chi connectivity index (χ4v) is 7.69. The largest absolute Gasteiger partial charge is 0.478 e. The van der Waals surface area contributed by atoms with Crippen LogP contribution in [0.5, 0.6) is 0 Å². The van der Waals surface area contributed by atoms with Crippen LogP contribution in [-0.4, -0.2) is 95.8 Å². The fourth-order valence-electron chi connectivity index (χ4n) is 4.57. The Labute approximate surface area is 268 Å². The minimum atomic E-state index is -1.38. The van der Waals surface area contributed by atoms with Gasteiger partial charge in [0.2, 0.25) is 6.10 Å². The molecule has 19 heteroatoms. The molecule has 3 unspecified atom stereocenters. The highest BCUT2D eigenvalue weighted by Crippen LogP contribution is 2.41. The van der Waals surface area contributed by atoms with Crippen LogP contribution in [0.25, 0.3) is 0 Å². The number of carboxylic acids is 2. The number of nitrogens with one attached hydrogen (secondary N) is 2. The number of thioether (sulfide) groups is 2. The smallest absolute Gasteiger partial charge is 0.352 e. The molecule has 1 aromatic carbocycles. The average Bonchev–Trinajstić information content (AvgIpc) is 3.43. The number of carboxylic acid groups (broad SMARTS) is 2. The van der Waals surface area contributed by atoms with Gasteiger partial charge in [-0.3, -0.25) is 19.9 Å². The summed E-state index contributed by atoms with van der Waals surface area (Å²) in [6.45, 7) is 1.22. The molecule has 0 bridgehead atoms. The van der Waals surface area contributed by atoms with Gasteiger partial charge < -0.3 is 36.7 Å². The van der Waals surface area contributed by atoms with Gasteiger partial charge in [0, 0.05) is 29.0 Å². The van der Waals surface area contributed by atoms with Crippen LogP contribution in [0.4, 0.5) is 10.8 Å². The van der Waals surface area contributed by atoms with Gasteiger partial charge in [-0.1, -0.05) is 35.1 Å². The van der Waals surface area contributed by atoms with Gasteiger partial charge in [-0.15, -0.1) is 23.1 Å². The molecular weight excluding hydrogens is 647 g/mol. The molecule has 16 nitrogen and oxygen atoms in total. The maximum Gasteiger partial charge on any atom is 0.352 e. The number of aliphatic imine (C=N–C) groups is 1. The molecule has 4 heterocycles. The number of fused-ring (bicyclic) bond motifs is 1. The van der Waals surface area contributed by atoms with Crippen molar-refractivity contribution in [1.29, 1.82) is 5.41 Å². The van der Waals surface area contributed by atoms with Crippen LogP contribution in [0.2, 0.25) is 0 Å². The number of anilines is 2. The number of nitrogens with two attached hydrogens (primary N) is 2. The number of nitrogen functional groups attached to an aromatic ring is 1. The molecule has 2 aromatic rings. The first-order chi connectivity index (χ1) is 21.5. The van der Waals surface area contributed by atoms with Crippen LogP contribution in [0.15, 0.2) is 57.1 Å². The third-order valence-electron chi connectivity index (χ3n) is 6.75. The number of thiazole rings is 1. The fraction of sp³-hybridized carbons (Fsp3) is 0.308. The van der Waals surface area contributed by atoms with Crippen molar-refractivity contribution in [3.63, 3.8) is 0 Å². The molecule has 1 fully saturated rings. The Balaban J connectivity index is 1.33. The number of β-lactam (4-membered cyclic amide) rings is 1. The van der Waals surface area contributed by atoms with E-state index in [9.17, 15) is 24.3 Å². The van der Waals surface area contributed by atoms with Gasteiger partial charge >= 0.3 is 11.9 Å². The Kier molecular flexibility index (Phi) is 9.42. The van der Waals surface area contributed by atoms with Gasteiger partial charge in [-0.2, -0.15) is 0 Å². The van der Waals surface area contributed by atoms with Crippen molar-refractivity contribution in [2.75, 3.05) is 22.1 Å². The Bertz CT molecular complexity index is 1640. The second kappa shape index (κ2) is 13.3. The van der Waals surface area contributed by atoms with E-state index in [1.54, 1.807) is 4.90 Å². The SMILES string of the molecule is CC(ON=C(C(=O)NC1C(=O)N2C(C(=O)O)=C(CSC3=NC(=N)CC(N)N3c3ccccc3)CS[C@@H]12)c1csc(N)n1)C(=O)O. The molecule has 8 N–H and O–H groups in total. The van der Waals surface area contributed by atoms with Crippen molar-refractivity contribution in [1.82, 2.24) is 15.2 Å². The first-order valence-corrected chi connectivity index (χ1v) is 16.1. The standard InChI is InChI=1S/C26H27N9O7S3/c1-11(23(38)39)42-33-17(14-10-44-25(29)30-14)20(36)32-18-21(37)35-19(24(40)41)12(8-43-22(18)35)9-45-26-31-15(27)7-16(28)34(26)13-5-3-2-4-6-13/h2-6,10-11,16,18,22,27H,7-9,28H2,1H3,(H2,29,30)(H,32,36)(H,38,39)(H,40,41)/t11?,16?,18?,22-/m0/s1. The molecule has 0 radical (unpaired) electrons. The minimum absolute atomic E-state index is 0.0147. The van der Waals surface area contributed by atoms with Crippen molar-refractivity contribution in [2.45, 2.75) is 37.0 Å². The Morgan fingerprint density at radius 3 is 2.64 bits per heavy atom. The lowest BCUT2D eigenvalue weighted by atomic mass is 10.0. The van der Waals surface area contributed by atoms with E-state index in [0.717, 1.165) is 21.9 Å². The lowest BCUT2D eigenvalue weighted by molar-refractivity contribution is -0.150. The summed E-state index contributed by atoms with van der Waals surface area (Å²) in [6, 6.07) is 8.18. The molecule has 5 rings (SSSR count). The maximum absolute atomic E-state index is 13.3. The molecule has 45 heavy (non-hydrogen) atoms. The van der Waals surface area contributed by atoms with E-state index in [4.69, 9.17) is 26.8 Å². The first-order valence-electron chi connectivity index (χ1n) is 13.2. The summed E-state index contributed by atoms with van der Waals surface area (Å²) in [5, 5.41) is 34.8. The van der Waals surface area contributed by atoms with Gasteiger partial charge in [-0.25, -0.2) is 19.6 Å².